The fourth-order valence-electron chi connectivity index (χ4n) is 1.60. The van der Waals surface area contributed by atoms with Gasteiger partial charge in [0, 0.05) is 18.0 Å². The number of carboxylic acid groups (broad SMARTS) is 1. The summed E-state index contributed by atoms with van der Waals surface area (Å²) in [5.41, 5.74) is -0.184. The fourth-order valence-corrected chi connectivity index (χ4v) is 1.60. The number of anilines is 1. The highest BCUT2D eigenvalue weighted by Crippen LogP contribution is 2.26. The summed E-state index contributed by atoms with van der Waals surface area (Å²) >= 11 is 0. The largest absolute Gasteiger partial charge is 0.475 e. The van der Waals surface area contributed by atoms with Crippen molar-refractivity contribution in [3.63, 3.8) is 0 Å². The molecule has 0 aromatic carbocycles. The van der Waals surface area contributed by atoms with Crippen LogP contribution in [0.15, 0.2) is 16.5 Å². The van der Waals surface area contributed by atoms with Crippen LogP contribution in [0.5, 0.6) is 0 Å². The van der Waals surface area contributed by atoms with Crippen LogP contribution in [0, 0.1) is 5.41 Å². The maximum Gasteiger partial charge on any atom is 0.371 e. The summed E-state index contributed by atoms with van der Waals surface area (Å²) in [6.45, 7) is 4.70. The Morgan fingerprint density at radius 1 is 1.41 bits per heavy atom. The second-order valence-electron chi connectivity index (χ2n) is 4.19. The molecule has 0 aliphatic rings. The topological polar surface area (TPSA) is 82.7 Å². The Morgan fingerprint density at radius 3 is 2.47 bits per heavy atom. The molecular formula is C12H19NO4. The summed E-state index contributed by atoms with van der Waals surface area (Å²) in [7, 11) is 0. The summed E-state index contributed by atoms with van der Waals surface area (Å²) in [5, 5.41) is 21.1. The first-order chi connectivity index (χ1) is 8.06. The van der Waals surface area contributed by atoms with E-state index in [1.807, 2.05) is 13.8 Å². The summed E-state index contributed by atoms with van der Waals surface area (Å²) < 4.78 is 5.08. The Balaban J connectivity index is 2.62. The number of carboxylic acids is 1. The standard InChI is InChI=1S/C12H19NO4/c1-3-12(4-2,8-14)7-13-10-6-5-9(17-10)11(15)16/h5-6,13-14H,3-4,7-8H2,1-2H3,(H,15,16). The predicted molar refractivity (Wildman–Crippen MR) is 64.3 cm³/mol. The summed E-state index contributed by atoms with van der Waals surface area (Å²) in [6.07, 6.45) is 1.69. The molecule has 0 saturated carbocycles. The van der Waals surface area contributed by atoms with E-state index in [0.29, 0.717) is 12.4 Å². The predicted octanol–water partition coefficient (Wildman–Crippen LogP) is 2.19. The molecule has 0 fully saturated rings. The van der Waals surface area contributed by atoms with Crippen molar-refractivity contribution in [1.82, 2.24) is 0 Å². The minimum atomic E-state index is -1.09. The molecule has 5 nitrogen and oxygen atoms in total. The number of carbonyl (C=O) groups is 1. The van der Waals surface area contributed by atoms with Gasteiger partial charge in [0.15, 0.2) is 5.88 Å². The molecule has 96 valence electrons. The molecule has 0 aliphatic heterocycles. The lowest BCUT2D eigenvalue weighted by Gasteiger charge is -2.29. The third-order valence-corrected chi connectivity index (χ3v) is 3.29. The Hall–Kier alpha value is -1.49. The van der Waals surface area contributed by atoms with E-state index in [-0.39, 0.29) is 17.8 Å². The van der Waals surface area contributed by atoms with E-state index in [0.717, 1.165) is 12.8 Å². The van der Waals surface area contributed by atoms with E-state index in [2.05, 4.69) is 5.32 Å². The van der Waals surface area contributed by atoms with Gasteiger partial charge in [0.2, 0.25) is 5.76 Å². The van der Waals surface area contributed by atoms with E-state index >= 15 is 0 Å². The summed E-state index contributed by atoms with van der Waals surface area (Å²) in [5.74, 6) is -0.755. The second kappa shape index (κ2) is 5.72. The summed E-state index contributed by atoms with van der Waals surface area (Å²) in [4.78, 5) is 10.6. The van der Waals surface area contributed by atoms with E-state index in [1.54, 1.807) is 6.07 Å². The SMILES string of the molecule is CCC(CC)(CO)CNc1ccc(C(=O)O)o1. The van der Waals surface area contributed by atoms with Gasteiger partial charge in [-0.2, -0.15) is 0 Å². The van der Waals surface area contributed by atoms with Crippen molar-refractivity contribution in [3.8, 4) is 0 Å². The van der Waals surface area contributed by atoms with E-state index in [1.165, 1.54) is 6.07 Å². The quantitative estimate of drug-likeness (QED) is 0.681. The van der Waals surface area contributed by atoms with Gasteiger partial charge in [0.1, 0.15) is 0 Å². The highest BCUT2D eigenvalue weighted by molar-refractivity contribution is 5.84. The molecule has 3 N–H and O–H groups in total. The van der Waals surface area contributed by atoms with E-state index in [4.69, 9.17) is 9.52 Å². The third kappa shape index (κ3) is 3.23. The number of hydrogen-bond acceptors (Lipinski definition) is 4. The molecule has 0 unspecified atom stereocenters. The van der Waals surface area contributed by atoms with Crippen LogP contribution in [0.3, 0.4) is 0 Å². The maximum atomic E-state index is 10.6. The van der Waals surface area contributed by atoms with E-state index < -0.39 is 5.97 Å². The highest BCUT2D eigenvalue weighted by Gasteiger charge is 2.25. The number of aliphatic hydroxyl groups excluding tert-OH is 1. The van der Waals surface area contributed by atoms with E-state index in [9.17, 15) is 9.90 Å². The molecule has 1 heterocycles. The zero-order valence-corrected chi connectivity index (χ0v) is 10.2. The molecule has 0 spiro atoms. The molecule has 0 bridgehead atoms. The maximum absolute atomic E-state index is 10.6. The molecule has 1 aromatic heterocycles. The number of aromatic carboxylic acids is 1. The van der Waals surface area contributed by atoms with Gasteiger partial charge in [-0.15, -0.1) is 0 Å². The van der Waals surface area contributed by atoms with Crippen LogP contribution in [0.2, 0.25) is 0 Å². The lowest BCUT2D eigenvalue weighted by atomic mass is 9.83. The monoisotopic (exact) mass is 241 g/mol. The first kappa shape index (κ1) is 13.6. The van der Waals surface area contributed by atoms with Crippen LogP contribution in [0.1, 0.15) is 37.2 Å². The smallest absolute Gasteiger partial charge is 0.371 e. The average molecular weight is 241 g/mol. The van der Waals surface area contributed by atoms with Crippen LogP contribution < -0.4 is 5.32 Å². The van der Waals surface area contributed by atoms with Gasteiger partial charge in [-0.05, 0) is 18.9 Å². The Labute approximate surface area is 100 Å². The Bertz CT molecular complexity index is 360. The van der Waals surface area contributed by atoms with Gasteiger partial charge < -0.3 is 19.9 Å². The zero-order valence-electron chi connectivity index (χ0n) is 10.2. The van der Waals surface area contributed by atoms with Crippen molar-refractivity contribution in [2.75, 3.05) is 18.5 Å². The lowest BCUT2D eigenvalue weighted by molar-refractivity contribution is 0.0663. The molecule has 5 heteroatoms. The number of furan rings is 1. The van der Waals surface area contributed by atoms with Crippen molar-refractivity contribution in [2.45, 2.75) is 26.7 Å². The Kier molecular flexibility index (Phi) is 4.57. The molecule has 1 aromatic rings. The first-order valence-electron chi connectivity index (χ1n) is 5.74. The van der Waals surface area contributed by atoms with Crippen LogP contribution in [-0.4, -0.2) is 29.3 Å². The molecular weight excluding hydrogens is 222 g/mol. The lowest BCUT2D eigenvalue weighted by Crippen LogP contribution is -2.32. The molecule has 0 aliphatic carbocycles. The Morgan fingerprint density at radius 2 is 2.06 bits per heavy atom. The molecule has 1 rings (SSSR count). The van der Waals surface area contributed by atoms with Crippen molar-refractivity contribution in [3.05, 3.63) is 17.9 Å². The van der Waals surface area contributed by atoms with Crippen molar-refractivity contribution < 1.29 is 19.4 Å². The number of hydrogen-bond donors (Lipinski definition) is 3. The van der Waals surface area contributed by atoms with Crippen molar-refractivity contribution in [2.24, 2.45) is 5.41 Å². The summed E-state index contributed by atoms with van der Waals surface area (Å²) in [6, 6.07) is 2.99. The van der Waals surface area contributed by atoms with Crippen molar-refractivity contribution >= 4 is 11.9 Å². The minimum absolute atomic E-state index is 0.0879. The fraction of sp³-hybridized carbons (Fsp3) is 0.583. The van der Waals surface area contributed by atoms with Crippen LogP contribution in [0.4, 0.5) is 5.88 Å². The molecule has 0 radical (unpaired) electrons. The molecule has 0 saturated heterocycles. The third-order valence-electron chi connectivity index (χ3n) is 3.29. The molecule has 0 amide bonds. The normalized spacial score (nSPS) is 11.5. The number of aliphatic hydroxyl groups is 1. The highest BCUT2D eigenvalue weighted by atomic mass is 16.4. The second-order valence-corrected chi connectivity index (χ2v) is 4.19. The van der Waals surface area contributed by atoms with Gasteiger partial charge in [-0.1, -0.05) is 13.8 Å². The van der Waals surface area contributed by atoms with Crippen LogP contribution >= 0.6 is 0 Å². The van der Waals surface area contributed by atoms with Gasteiger partial charge in [0.05, 0.1) is 6.61 Å². The molecule has 17 heavy (non-hydrogen) atoms. The zero-order chi connectivity index (χ0) is 12.9. The minimum Gasteiger partial charge on any atom is -0.475 e. The first-order valence-corrected chi connectivity index (χ1v) is 5.74. The van der Waals surface area contributed by atoms with Crippen molar-refractivity contribution in [1.29, 1.82) is 0 Å². The molecule has 0 atom stereocenters. The number of nitrogens with one attached hydrogen (secondary N) is 1. The number of rotatable bonds is 7. The average Bonchev–Trinajstić information content (AvgIpc) is 2.81. The van der Waals surface area contributed by atoms with Gasteiger partial charge >= 0.3 is 5.97 Å². The van der Waals surface area contributed by atoms with Crippen LogP contribution in [-0.2, 0) is 0 Å². The van der Waals surface area contributed by atoms with Gasteiger partial charge in [0.25, 0.3) is 0 Å². The van der Waals surface area contributed by atoms with Gasteiger partial charge in [-0.25, -0.2) is 4.79 Å². The van der Waals surface area contributed by atoms with Crippen LogP contribution in [0.25, 0.3) is 0 Å². The van der Waals surface area contributed by atoms with Gasteiger partial charge in [-0.3, -0.25) is 0 Å².